The predicted octanol–water partition coefficient (Wildman–Crippen LogP) is 4.25. The van der Waals surface area contributed by atoms with Gasteiger partial charge < -0.3 is 5.32 Å². The van der Waals surface area contributed by atoms with Gasteiger partial charge in [-0.3, -0.25) is 4.79 Å². The van der Waals surface area contributed by atoms with Crippen molar-refractivity contribution in [2.75, 3.05) is 0 Å². The monoisotopic (exact) mass is 281 g/mol. The molecule has 0 spiro atoms. The van der Waals surface area contributed by atoms with Gasteiger partial charge in [0, 0.05) is 5.41 Å². The molecule has 2 rings (SSSR count). The van der Waals surface area contributed by atoms with Crippen molar-refractivity contribution in [2.24, 2.45) is 5.41 Å². The minimum atomic E-state index is -0.405. The van der Waals surface area contributed by atoms with Crippen LogP contribution in [0.5, 0.6) is 0 Å². The van der Waals surface area contributed by atoms with Gasteiger partial charge >= 0.3 is 0 Å². The van der Waals surface area contributed by atoms with Crippen LogP contribution in [-0.2, 0) is 4.79 Å². The van der Waals surface area contributed by atoms with Gasteiger partial charge in [0.2, 0.25) is 5.91 Å². The van der Waals surface area contributed by atoms with E-state index in [1.165, 1.54) is 5.56 Å². The minimum Gasteiger partial charge on any atom is -0.345 e. The Morgan fingerprint density at radius 1 is 0.905 bits per heavy atom. The van der Waals surface area contributed by atoms with E-state index in [9.17, 15) is 4.79 Å². The molecule has 110 valence electrons. The zero-order valence-corrected chi connectivity index (χ0v) is 13.2. The Morgan fingerprint density at radius 2 is 1.43 bits per heavy atom. The van der Waals surface area contributed by atoms with E-state index in [0.29, 0.717) is 0 Å². The lowest BCUT2D eigenvalue weighted by Crippen LogP contribution is -2.37. The fourth-order valence-electron chi connectivity index (χ4n) is 2.11. The second kappa shape index (κ2) is 6.13. The number of aryl methyl sites for hydroxylation is 1. The molecule has 2 heteroatoms. The average Bonchev–Trinajstić information content (AvgIpc) is 2.45. The van der Waals surface area contributed by atoms with Crippen LogP contribution in [0.2, 0.25) is 0 Å². The lowest BCUT2D eigenvalue weighted by molar-refractivity contribution is -0.129. The molecule has 2 nitrogen and oxygen atoms in total. The summed E-state index contributed by atoms with van der Waals surface area (Å²) in [5.41, 5.74) is 3.01. The van der Waals surface area contributed by atoms with Gasteiger partial charge in [0.15, 0.2) is 0 Å². The molecule has 0 saturated carbocycles. The van der Waals surface area contributed by atoms with Crippen molar-refractivity contribution in [1.82, 2.24) is 5.32 Å². The lowest BCUT2D eigenvalue weighted by atomic mass is 9.92. The fraction of sp³-hybridized carbons (Fsp3) is 0.316. The topological polar surface area (TPSA) is 29.1 Å². The van der Waals surface area contributed by atoms with Gasteiger partial charge in [0.05, 0.1) is 6.04 Å². The van der Waals surface area contributed by atoms with Crippen molar-refractivity contribution < 1.29 is 4.79 Å². The van der Waals surface area contributed by atoms with Gasteiger partial charge in [-0.05, 0) is 18.1 Å². The molecule has 0 fully saturated rings. The van der Waals surface area contributed by atoms with Gasteiger partial charge in [0.25, 0.3) is 0 Å². The number of hydrogen-bond acceptors (Lipinski definition) is 1. The normalized spacial score (nSPS) is 12.8. The molecule has 0 aliphatic heterocycles. The number of benzene rings is 2. The zero-order chi connectivity index (χ0) is 15.5. The molecule has 1 N–H and O–H groups in total. The van der Waals surface area contributed by atoms with Crippen molar-refractivity contribution in [3.8, 4) is 0 Å². The van der Waals surface area contributed by atoms with Crippen molar-refractivity contribution in [3.05, 3.63) is 71.3 Å². The predicted molar refractivity (Wildman–Crippen MR) is 87.1 cm³/mol. The Hall–Kier alpha value is -2.09. The molecule has 1 amide bonds. The highest BCUT2D eigenvalue weighted by Crippen LogP contribution is 2.24. The maximum absolute atomic E-state index is 12.4. The van der Waals surface area contributed by atoms with Crippen LogP contribution < -0.4 is 5.32 Å². The first-order valence-corrected chi connectivity index (χ1v) is 7.30. The van der Waals surface area contributed by atoms with E-state index in [4.69, 9.17) is 0 Å². The summed E-state index contributed by atoms with van der Waals surface area (Å²) in [4.78, 5) is 12.4. The van der Waals surface area contributed by atoms with Crippen LogP contribution in [0.1, 0.15) is 43.5 Å². The molecule has 2 aromatic rings. The third kappa shape index (κ3) is 3.94. The van der Waals surface area contributed by atoms with Crippen molar-refractivity contribution >= 4 is 5.91 Å². The standard InChI is InChI=1S/C19H23NO/c1-14-10-12-16(13-11-14)17(15-8-6-5-7-9-15)20-18(21)19(2,3)4/h5-13,17H,1-4H3,(H,20,21)/t17-/m0/s1. The first-order chi connectivity index (χ1) is 9.88. The van der Waals surface area contributed by atoms with E-state index in [-0.39, 0.29) is 11.9 Å². The average molecular weight is 281 g/mol. The number of carbonyl (C=O) groups excluding carboxylic acids is 1. The van der Waals surface area contributed by atoms with E-state index < -0.39 is 5.41 Å². The van der Waals surface area contributed by atoms with Crippen molar-refractivity contribution in [2.45, 2.75) is 33.7 Å². The summed E-state index contributed by atoms with van der Waals surface area (Å²) >= 11 is 0. The van der Waals surface area contributed by atoms with E-state index in [2.05, 4.69) is 36.5 Å². The second-order valence-corrected chi connectivity index (χ2v) is 6.48. The lowest BCUT2D eigenvalue weighted by Gasteiger charge is -2.25. The first kappa shape index (κ1) is 15.3. The van der Waals surface area contributed by atoms with Gasteiger partial charge in [-0.15, -0.1) is 0 Å². The van der Waals surface area contributed by atoms with Crippen LogP contribution >= 0.6 is 0 Å². The van der Waals surface area contributed by atoms with Crippen LogP contribution in [0.25, 0.3) is 0 Å². The molecule has 0 radical (unpaired) electrons. The van der Waals surface area contributed by atoms with E-state index in [0.717, 1.165) is 11.1 Å². The summed E-state index contributed by atoms with van der Waals surface area (Å²) < 4.78 is 0. The van der Waals surface area contributed by atoms with E-state index >= 15 is 0 Å². The highest BCUT2D eigenvalue weighted by Gasteiger charge is 2.25. The summed E-state index contributed by atoms with van der Waals surface area (Å²) in [5, 5.41) is 3.17. The second-order valence-electron chi connectivity index (χ2n) is 6.48. The molecular formula is C19H23NO. The molecule has 0 unspecified atom stereocenters. The van der Waals surface area contributed by atoms with Gasteiger partial charge in [-0.25, -0.2) is 0 Å². The summed E-state index contributed by atoms with van der Waals surface area (Å²) in [6, 6.07) is 18.3. The largest absolute Gasteiger partial charge is 0.345 e. The SMILES string of the molecule is Cc1ccc([C@@H](NC(=O)C(C)(C)C)c2ccccc2)cc1. The Morgan fingerprint density at radius 3 is 1.95 bits per heavy atom. The van der Waals surface area contributed by atoms with Gasteiger partial charge in [0.1, 0.15) is 0 Å². The number of carbonyl (C=O) groups is 1. The molecule has 0 heterocycles. The zero-order valence-electron chi connectivity index (χ0n) is 13.2. The molecule has 2 aromatic carbocycles. The van der Waals surface area contributed by atoms with Crippen LogP contribution in [0, 0.1) is 12.3 Å². The molecule has 0 bridgehead atoms. The number of rotatable bonds is 3. The molecule has 1 atom stereocenters. The van der Waals surface area contributed by atoms with E-state index in [1.807, 2.05) is 51.1 Å². The quantitative estimate of drug-likeness (QED) is 0.895. The van der Waals surface area contributed by atoms with Crippen LogP contribution in [-0.4, -0.2) is 5.91 Å². The number of amides is 1. The van der Waals surface area contributed by atoms with Crippen molar-refractivity contribution in [1.29, 1.82) is 0 Å². The first-order valence-electron chi connectivity index (χ1n) is 7.30. The molecule has 0 aromatic heterocycles. The summed E-state index contributed by atoms with van der Waals surface area (Å²) in [6.07, 6.45) is 0. The maximum atomic E-state index is 12.4. The highest BCUT2D eigenvalue weighted by molar-refractivity contribution is 5.82. The smallest absolute Gasteiger partial charge is 0.226 e. The molecular weight excluding hydrogens is 258 g/mol. The maximum Gasteiger partial charge on any atom is 0.226 e. The molecule has 0 saturated heterocycles. The van der Waals surface area contributed by atoms with Gasteiger partial charge in [-0.1, -0.05) is 80.9 Å². The van der Waals surface area contributed by atoms with Crippen LogP contribution in [0.15, 0.2) is 54.6 Å². The highest BCUT2D eigenvalue weighted by atomic mass is 16.2. The van der Waals surface area contributed by atoms with Crippen LogP contribution in [0.3, 0.4) is 0 Å². The summed E-state index contributed by atoms with van der Waals surface area (Å²) in [6.45, 7) is 7.85. The Kier molecular flexibility index (Phi) is 4.46. The summed E-state index contributed by atoms with van der Waals surface area (Å²) in [5.74, 6) is 0.0527. The van der Waals surface area contributed by atoms with E-state index in [1.54, 1.807) is 0 Å². The van der Waals surface area contributed by atoms with Gasteiger partial charge in [-0.2, -0.15) is 0 Å². The summed E-state index contributed by atoms with van der Waals surface area (Å²) in [7, 11) is 0. The van der Waals surface area contributed by atoms with Crippen LogP contribution in [0.4, 0.5) is 0 Å². The minimum absolute atomic E-state index is 0.0527. The number of hydrogen-bond donors (Lipinski definition) is 1. The Bertz CT molecular complexity index is 594. The number of nitrogens with one attached hydrogen (secondary N) is 1. The molecule has 21 heavy (non-hydrogen) atoms. The third-order valence-corrected chi connectivity index (χ3v) is 3.50. The Balaban J connectivity index is 2.36. The molecule has 0 aliphatic carbocycles. The third-order valence-electron chi connectivity index (χ3n) is 3.50. The molecule has 0 aliphatic rings. The fourth-order valence-corrected chi connectivity index (χ4v) is 2.11. The Labute approximate surface area is 127 Å². The van der Waals surface area contributed by atoms with Crippen molar-refractivity contribution in [3.63, 3.8) is 0 Å².